The second kappa shape index (κ2) is 6.40. The fourth-order valence-corrected chi connectivity index (χ4v) is 4.77. The van der Waals surface area contributed by atoms with Crippen molar-refractivity contribution >= 4 is 5.69 Å². The second-order valence-electron chi connectivity index (χ2n) is 7.67. The standard InChI is InChI=1S/C19H27FN2O/c20-17-10-14(12-21-18-11-13-1-3-15(18)9-13)2-4-19(17)22-7-5-16(23)6-8-22/h2,4,10,13,15-16,18,21,23H,1,3,5-9,11-12H2. The van der Waals surface area contributed by atoms with Gasteiger partial charge in [-0.05, 0) is 61.6 Å². The first-order chi connectivity index (χ1) is 11.2. The lowest BCUT2D eigenvalue weighted by Crippen LogP contribution is -2.36. The summed E-state index contributed by atoms with van der Waals surface area (Å²) in [4.78, 5) is 2.05. The third-order valence-electron chi connectivity index (χ3n) is 6.12. The molecule has 23 heavy (non-hydrogen) atoms. The molecule has 126 valence electrons. The number of aliphatic hydroxyl groups is 1. The molecule has 0 spiro atoms. The maximum absolute atomic E-state index is 14.5. The third-order valence-corrected chi connectivity index (χ3v) is 6.12. The van der Waals surface area contributed by atoms with E-state index in [2.05, 4.69) is 10.2 Å². The predicted octanol–water partition coefficient (Wildman–Crippen LogP) is 3.07. The van der Waals surface area contributed by atoms with E-state index in [-0.39, 0.29) is 11.9 Å². The zero-order chi connectivity index (χ0) is 15.8. The average molecular weight is 318 g/mol. The van der Waals surface area contributed by atoms with Crippen LogP contribution >= 0.6 is 0 Å². The molecule has 3 fully saturated rings. The predicted molar refractivity (Wildman–Crippen MR) is 89.9 cm³/mol. The number of hydrogen-bond acceptors (Lipinski definition) is 3. The SMILES string of the molecule is OC1CCN(c2ccc(CNC3CC4CCC3C4)cc2F)CC1. The summed E-state index contributed by atoms with van der Waals surface area (Å²) in [5, 5.41) is 13.2. The molecule has 1 heterocycles. The Kier molecular flexibility index (Phi) is 4.29. The monoisotopic (exact) mass is 318 g/mol. The fourth-order valence-electron chi connectivity index (χ4n) is 4.77. The third kappa shape index (κ3) is 3.24. The molecule has 3 atom stereocenters. The van der Waals surface area contributed by atoms with E-state index in [4.69, 9.17) is 0 Å². The highest BCUT2D eigenvalue weighted by Crippen LogP contribution is 2.44. The number of nitrogens with zero attached hydrogens (tertiary/aromatic N) is 1. The van der Waals surface area contributed by atoms with Crippen LogP contribution in [-0.4, -0.2) is 30.3 Å². The molecule has 0 radical (unpaired) electrons. The lowest BCUT2D eigenvalue weighted by atomic mass is 9.95. The van der Waals surface area contributed by atoms with Gasteiger partial charge >= 0.3 is 0 Å². The van der Waals surface area contributed by atoms with Crippen molar-refractivity contribution in [3.63, 3.8) is 0 Å². The number of aliphatic hydroxyl groups excluding tert-OH is 1. The number of fused-ring (bicyclic) bond motifs is 2. The van der Waals surface area contributed by atoms with Crippen molar-refractivity contribution in [2.75, 3.05) is 18.0 Å². The van der Waals surface area contributed by atoms with Gasteiger partial charge in [-0.25, -0.2) is 4.39 Å². The van der Waals surface area contributed by atoms with Crippen LogP contribution in [0.1, 0.15) is 44.1 Å². The van der Waals surface area contributed by atoms with Crippen molar-refractivity contribution in [2.24, 2.45) is 11.8 Å². The first-order valence-corrected chi connectivity index (χ1v) is 9.14. The summed E-state index contributed by atoms with van der Waals surface area (Å²) in [5.74, 6) is 1.66. The van der Waals surface area contributed by atoms with Gasteiger partial charge in [0.2, 0.25) is 0 Å². The van der Waals surface area contributed by atoms with Gasteiger partial charge in [0, 0.05) is 25.7 Å². The quantitative estimate of drug-likeness (QED) is 0.895. The topological polar surface area (TPSA) is 35.5 Å². The van der Waals surface area contributed by atoms with E-state index in [1.165, 1.54) is 25.7 Å². The Bertz CT molecular complexity index is 556. The Morgan fingerprint density at radius 3 is 2.61 bits per heavy atom. The molecule has 0 amide bonds. The molecular weight excluding hydrogens is 291 g/mol. The smallest absolute Gasteiger partial charge is 0.146 e. The molecule has 1 saturated heterocycles. The summed E-state index contributed by atoms with van der Waals surface area (Å²) < 4.78 is 14.5. The van der Waals surface area contributed by atoms with Crippen molar-refractivity contribution in [3.8, 4) is 0 Å². The van der Waals surface area contributed by atoms with Gasteiger partial charge in [-0.3, -0.25) is 0 Å². The maximum Gasteiger partial charge on any atom is 0.146 e. The Balaban J connectivity index is 1.36. The molecule has 1 aromatic carbocycles. The van der Waals surface area contributed by atoms with Crippen LogP contribution in [0.25, 0.3) is 0 Å². The molecule has 4 rings (SSSR count). The van der Waals surface area contributed by atoms with Crippen molar-refractivity contribution in [2.45, 2.75) is 57.2 Å². The molecule has 3 unspecified atom stereocenters. The Labute approximate surface area is 137 Å². The van der Waals surface area contributed by atoms with Crippen LogP contribution in [0.2, 0.25) is 0 Å². The number of halogens is 1. The number of piperidine rings is 1. The van der Waals surface area contributed by atoms with Crippen molar-refractivity contribution in [3.05, 3.63) is 29.6 Å². The van der Waals surface area contributed by atoms with Gasteiger partial charge in [0.15, 0.2) is 0 Å². The van der Waals surface area contributed by atoms with Gasteiger partial charge in [0.1, 0.15) is 5.82 Å². The molecule has 2 N–H and O–H groups in total. The summed E-state index contributed by atoms with van der Waals surface area (Å²) in [6, 6.07) is 6.27. The molecule has 2 saturated carbocycles. The van der Waals surface area contributed by atoms with Gasteiger partial charge < -0.3 is 15.3 Å². The van der Waals surface area contributed by atoms with Crippen LogP contribution in [0.3, 0.4) is 0 Å². The number of anilines is 1. The number of nitrogens with one attached hydrogen (secondary N) is 1. The zero-order valence-electron chi connectivity index (χ0n) is 13.7. The van der Waals surface area contributed by atoms with Gasteiger partial charge in [0.25, 0.3) is 0 Å². The van der Waals surface area contributed by atoms with Crippen molar-refractivity contribution < 1.29 is 9.50 Å². The zero-order valence-corrected chi connectivity index (χ0v) is 13.7. The molecule has 2 aliphatic carbocycles. The van der Waals surface area contributed by atoms with E-state index in [0.29, 0.717) is 11.7 Å². The molecule has 2 bridgehead atoms. The van der Waals surface area contributed by atoms with E-state index >= 15 is 0 Å². The van der Waals surface area contributed by atoms with Gasteiger partial charge in [-0.1, -0.05) is 12.5 Å². The fraction of sp³-hybridized carbons (Fsp3) is 0.684. The minimum atomic E-state index is -0.223. The van der Waals surface area contributed by atoms with Crippen LogP contribution in [0.4, 0.5) is 10.1 Å². The minimum absolute atomic E-state index is 0.131. The first-order valence-electron chi connectivity index (χ1n) is 9.14. The molecule has 4 heteroatoms. The molecule has 3 nitrogen and oxygen atoms in total. The average Bonchev–Trinajstić information content (AvgIpc) is 3.17. The van der Waals surface area contributed by atoms with Crippen molar-refractivity contribution in [1.82, 2.24) is 5.32 Å². The van der Waals surface area contributed by atoms with Gasteiger partial charge in [0.05, 0.1) is 11.8 Å². The largest absolute Gasteiger partial charge is 0.393 e. The summed E-state index contributed by atoms with van der Waals surface area (Å²) in [6.07, 6.45) is 6.72. The summed E-state index contributed by atoms with van der Waals surface area (Å²) in [5.41, 5.74) is 1.71. The highest BCUT2D eigenvalue weighted by Gasteiger charge is 2.38. The highest BCUT2D eigenvalue weighted by atomic mass is 19.1. The van der Waals surface area contributed by atoms with Crippen LogP contribution in [-0.2, 0) is 6.54 Å². The number of benzene rings is 1. The van der Waals surface area contributed by atoms with E-state index in [0.717, 1.165) is 49.9 Å². The summed E-state index contributed by atoms with van der Waals surface area (Å²) in [7, 11) is 0. The van der Waals surface area contributed by atoms with E-state index in [1.54, 1.807) is 6.07 Å². The summed E-state index contributed by atoms with van der Waals surface area (Å²) >= 11 is 0. The summed E-state index contributed by atoms with van der Waals surface area (Å²) in [6.45, 7) is 2.24. The van der Waals surface area contributed by atoms with E-state index in [9.17, 15) is 9.50 Å². The molecule has 1 aliphatic heterocycles. The lowest BCUT2D eigenvalue weighted by Gasteiger charge is -2.31. The minimum Gasteiger partial charge on any atom is -0.393 e. The van der Waals surface area contributed by atoms with E-state index in [1.807, 2.05) is 12.1 Å². The van der Waals surface area contributed by atoms with Crippen LogP contribution in [0.5, 0.6) is 0 Å². The molecule has 0 aromatic heterocycles. The highest BCUT2D eigenvalue weighted by molar-refractivity contribution is 5.49. The number of rotatable bonds is 4. The van der Waals surface area contributed by atoms with Crippen LogP contribution in [0, 0.1) is 17.7 Å². The Hall–Kier alpha value is -1.13. The van der Waals surface area contributed by atoms with Gasteiger partial charge in [-0.15, -0.1) is 0 Å². The normalized spacial score (nSPS) is 31.0. The number of hydrogen-bond donors (Lipinski definition) is 2. The van der Waals surface area contributed by atoms with Crippen LogP contribution < -0.4 is 10.2 Å². The van der Waals surface area contributed by atoms with Crippen LogP contribution in [0.15, 0.2) is 18.2 Å². The molecule has 3 aliphatic rings. The Morgan fingerprint density at radius 1 is 1.13 bits per heavy atom. The van der Waals surface area contributed by atoms with E-state index < -0.39 is 0 Å². The Morgan fingerprint density at radius 2 is 1.96 bits per heavy atom. The maximum atomic E-state index is 14.5. The molecule has 1 aromatic rings. The van der Waals surface area contributed by atoms with Gasteiger partial charge in [-0.2, -0.15) is 0 Å². The first kappa shape index (κ1) is 15.4. The second-order valence-corrected chi connectivity index (χ2v) is 7.67. The lowest BCUT2D eigenvalue weighted by molar-refractivity contribution is 0.145. The van der Waals surface area contributed by atoms with Crippen molar-refractivity contribution in [1.29, 1.82) is 0 Å². The molecular formula is C19H27FN2O.